The summed E-state index contributed by atoms with van der Waals surface area (Å²) in [6.07, 6.45) is 5.76. The Morgan fingerprint density at radius 3 is 2.43 bits per heavy atom. The van der Waals surface area contributed by atoms with E-state index in [4.69, 9.17) is 4.84 Å². The Morgan fingerprint density at radius 2 is 1.67 bits per heavy atom. The summed E-state index contributed by atoms with van der Waals surface area (Å²) in [5.74, 6) is 0.866. The molecule has 0 aliphatic carbocycles. The van der Waals surface area contributed by atoms with Crippen LogP contribution >= 0.6 is 0 Å². The highest BCUT2D eigenvalue weighted by Gasteiger charge is 2.49. The van der Waals surface area contributed by atoms with Crippen molar-refractivity contribution in [3.05, 3.63) is 71.0 Å². The van der Waals surface area contributed by atoms with Gasteiger partial charge < -0.3 is 14.6 Å². The lowest BCUT2D eigenvalue weighted by atomic mass is 9.67. The number of hydrogen-bond donors (Lipinski definition) is 0. The van der Waals surface area contributed by atoms with Crippen molar-refractivity contribution in [1.29, 1.82) is 0 Å². The largest absolute Gasteiger partial charge is 0.390 e. The number of halogens is 1. The molecular weight excluding hydrogens is 377 g/mol. The van der Waals surface area contributed by atoms with Crippen LogP contribution in [0.4, 0.5) is 4.39 Å². The Bertz CT molecular complexity index is 951. The highest BCUT2D eigenvalue weighted by atomic mass is 19.1. The first-order valence-corrected chi connectivity index (χ1v) is 11.3. The third-order valence-electron chi connectivity index (χ3n) is 7.91. The summed E-state index contributed by atoms with van der Waals surface area (Å²) < 4.78 is 13.6. The summed E-state index contributed by atoms with van der Waals surface area (Å²) in [6.45, 7) is 4.51. The van der Waals surface area contributed by atoms with Gasteiger partial charge in [-0.05, 0) is 74.1 Å². The van der Waals surface area contributed by atoms with E-state index in [-0.39, 0.29) is 18.0 Å². The highest BCUT2D eigenvalue weighted by Crippen LogP contribution is 2.47. The number of fused-ring (bicyclic) bond motifs is 4. The number of benzene rings is 2. The molecule has 2 aromatic carbocycles. The molecule has 30 heavy (non-hydrogen) atoms. The van der Waals surface area contributed by atoms with Crippen LogP contribution in [0.5, 0.6) is 0 Å². The molecule has 0 spiro atoms. The molecule has 7 rings (SSSR count). The van der Waals surface area contributed by atoms with Crippen LogP contribution in [0.1, 0.15) is 48.4 Å². The molecule has 0 N–H and O–H groups in total. The molecule has 0 aromatic heterocycles. The third-order valence-corrected chi connectivity index (χ3v) is 7.91. The minimum atomic E-state index is -0.196. The molecule has 1 unspecified atom stereocenters. The van der Waals surface area contributed by atoms with E-state index in [1.54, 1.807) is 12.1 Å². The zero-order valence-electron chi connectivity index (χ0n) is 17.3. The predicted octanol–water partition coefficient (Wildman–Crippen LogP) is 4.36. The SMILES string of the molecule is Fc1ccc([C@H]2c3ccccc3CCN2C2=NOC(C34CCN(CC3)CC4)C2)cc1. The van der Waals surface area contributed by atoms with Crippen molar-refractivity contribution >= 4 is 5.84 Å². The molecule has 4 nitrogen and oxygen atoms in total. The summed E-state index contributed by atoms with van der Waals surface area (Å²) in [6, 6.07) is 15.6. The van der Waals surface area contributed by atoms with Gasteiger partial charge in [0, 0.05) is 18.4 Å². The molecule has 0 amide bonds. The lowest BCUT2D eigenvalue weighted by Crippen LogP contribution is -2.53. The van der Waals surface area contributed by atoms with Crippen molar-refractivity contribution in [2.45, 2.75) is 44.2 Å². The average Bonchev–Trinajstić information content (AvgIpc) is 3.31. The molecule has 3 fully saturated rings. The van der Waals surface area contributed by atoms with Crippen LogP contribution < -0.4 is 0 Å². The van der Waals surface area contributed by atoms with Gasteiger partial charge in [-0.3, -0.25) is 0 Å². The first-order valence-electron chi connectivity index (χ1n) is 11.3. The van der Waals surface area contributed by atoms with Gasteiger partial charge in [0.2, 0.25) is 0 Å². The average molecular weight is 406 g/mol. The van der Waals surface area contributed by atoms with Crippen molar-refractivity contribution in [2.24, 2.45) is 10.6 Å². The second-order valence-corrected chi connectivity index (χ2v) is 9.36. The standard InChI is InChI=1S/C25H28FN3O/c26-20-7-5-19(6-8-20)24-21-4-2-1-3-18(21)9-13-29(24)23-17-22(30-27-23)25-10-14-28(15-11-25)16-12-25/h1-8,22,24H,9-17H2/t22?,24-/m0/s1. The molecule has 2 atom stereocenters. The Hall–Kier alpha value is -2.40. The molecule has 0 saturated carbocycles. The topological polar surface area (TPSA) is 28.1 Å². The van der Waals surface area contributed by atoms with Crippen molar-refractivity contribution in [3.8, 4) is 0 Å². The minimum Gasteiger partial charge on any atom is -0.390 e. The first kappa shape index (κ1) is 18.4. The fourth-order valence-corrected chi connectivity index (χ4v) is 6.05. The molecule has 5 heteroatoms. The van der Waals surface area contributed by atoms with Crippen LogP contribution in [0.3, 0.4) is 0 Å². The maximum absolute atomic E-state index is 13.6. The van der Waals surface area contributed by atoms with E-state index in [1.165, 1.54) is 50.0 Å². The van der Waals surface area contributed by atoms with Crippen molar-refractivity contribution in [3.63, 3.8) is 0 Å². The normalized spacial score (nSPS) is 32.5. The second kappa shape index (κ2) is 7.09. The molecule has 2 bridgehead atoms. The van der Waals surface area contributed by atoms with E-state index >= 15 is 0 Å². The summed E-state index contributed by atoms with van der Waals surface area (Å²) >= 11 is 0. The fraction of sp³-hybridized carbons (Fsp3) is 0.480. The van der Waals surface area contributed by atoms with Crippen LogP contribution in [0, 0.1) is 11.2 Å². The van der Waals surface area contributed by atoms with Gasteiger partial charge in [0.25, 0.3) is 0 Å². The maximum Gasteiger partial charge on any atom is 0.149 e. The van der Waals surface area contributed by atoms with Gasteiger partial charge >= 0.3 is 0 Å². The Morgan fingerprint density at radius 1 is 0.933 bits per heavy atom. The Kier molecular flexibility index (Phi) is 4.34. The second-order valence-electron chi connectivity index (χ2n) is 9.36. The van der Waals surface area contributed by atoms with Crippen LogP contribution in [0.25, 0.3) is 0 Å². The summed E-state index contributed by atoms with van der Waals surface area (Å²) in [5.41, 5.74) is 4.07. The van der Waals surface area contributed by atoms with E-state index < -0.39 is 0 Å². The van der Waals surface area contributed by atoms with Crippen LogP contribution in [-0.2, 0) is 11.3 Å². The zero-order chi connectivity index (χ0) is 20.1. The molecule has 0 radical (unpaired) electrons. The number of rotatable bonds is 2. The van der Waals surface area contributed by atoms with Gasteiger partial charge in [-0.1, -0.05) is 41.6 Å². The van der Waals surface area contributed by atoms with Gasteiger partial charge in [-0.25, -0.2) is 4.39 Å². The van der Waals surface area contributed by atoms with Crippen molar-refractivity contribution in [2.75, 3.05) is 26.2 Å². The lowest BCUT2D eigenvalue weighted by molar-refractivity contribution is -0.0885. The monoisotopic (exact) mass is 405 g/mol. The number of oxime groups is 1. The predicted molar refractivity (Wildman–Crippen MR) is 115 cm³/mol. The van der Waals surface area contributed by atoms with Crippen molar-refractivity contribution in [1.82, 2.24) is 9.80 Å². The van der Waals surface area contributed by atoms with Crippen molar-refractivity contribution < 1.29 is 9.23 Å². The lowest BCUT2D eigenvalue weighted by Gasteiger charge is -2.50. The summed E-state index contributed by atoms with van der Waals surface area (Å²) in [4.78, 5) is 11.1. The van der Waals surface area contributed by atoms with E-state index in [0.29, 0.717) is 5.41 Å². The minimum absolute atomic E-state index is 0.0577. The van der Waals surface area contributed by atoms with Crippen LogP contribution in [-0.4, -0.2) is 47.9 Å². The van der Waals surface area contributed by atoms with E-state index in [9.17, 15) is 4.39 Å². The smallest absolute Gasteiger partial charge is 0.149 e. The van der Waals surface area contributed by atoms with Gasteiger partial charge in [-0.15, -0.1) is 0 Å². The zero-order valence-corrected chi connectivity index (χ0v) is 17.3. The number of nitrogens with zero attached hydrogens (tertiary/aromatic N) is 3. The Labute approximate surface area is 177 Å². The Balaban J connectivity index is 1.31. The first-order chi connectivity index (χ1) is 14.7. The highest BCUT2D eigenvalue weighted by molar-refractivity contribution is 5.84. The quantitative estimate of drug-likeness (QED) is 0.743. The van der Waals surface area contributed by atoms with E-state index in [0.717, 1.165) is 30.8 Å². The van der Waals surface area contributed by atoms with Gasteiger partial charge in [-0.2, -0.15) is 0 Å². The molecule has 156 valence electrons. The summed E-state index contributed by atoms with van der Waals surface area (Å²) in [5, 5.41) is 4.65. The number of hydrogen-bond acceptors (Lipinski definition) is 4. The van der Waals surface area contributed by atoms with Gasteiger partial charge in [0.15, 0.2) is 0 Å². The molecular formula is C25H28FN3O. The molecule has 3 saturated heterocycles. The third kappa shape index (κ3) is 2.94. The van der Waals surface area contributed by atoms with Crippen LogP contribution in [0.2, 0.25) is 0 Å². The van der Waals surface area contributed by atoms with Gasteiger partial charge in [0.1, 0.15) is 17.8 Å². The maximum atomic E-state index is 13.6. The fourth-order valence-electron chi connectivity index (χ4n) is 6.05. The molecule has 5 aliphatic rings. The molecule has 5 aliphatic heterocycles. The molecule has 2 aromatic rings. The van der Waals surface area contributed by atoms with E-state index in [2.05, 4.69) is 39.2 Å². The van der Waals surface area contributed by atoms with E-state index in [1.807, 2.05) is 12.1 Å². The molecule has 5 heterocycles. The number of amidine groups is 1. The number of piperidine rings is 3. The van der Waals surface area contributed by atoms with Crippen LogP contribution in [0.15, 0.2) is 53.7 Å². The summed E-state index contributed by atoms with van der Waals surface area (Å²) in [7, 11) is 0. The van der Waals surface area contributed by atoms with Gasteiger partial charge in [0.05, 0.1) is 6.04 Å².